The van der Waals surface area contributed by atoms with E-state index in [9.17, 15) is 9.59 Å². The Labute approximate surface area is 172 Å². The fraction of sp³-hybridized carbons (Fsp3) is 0.0870. The van der Waals surface area contributed by atoms with E-state index in [0.717, 1.165) is 11.1 Å². The molecule has 0 bridgehead atoms. The summed E-state index contributed by atoms with van der Waals surface area (Å²) in [6.07, 6.45) is 1.52. The van der Waals surface area contributed by atoms with Crippen LogP contribution in [0.3, 0.4) is 0 Å². The van der Waals surface area contributed by atoms with Gasteiger partial charge in [-0.05, 0) is 35.4 Å². The first-order valence-corrected chi connectivity index (χ1v) is 9.28. The van der Waals surface area contributed by atoms with Crippen LogP contribution in [0.15, 0.2) is 88.0 Å². The van der Waals surface area contributed by atoms with Crippen molar-refractivity contribution in [3.8, 4) is 22.6 Å². The molecule has 0 saturated carbocycles. The van der Waals surface area contributed by atoms with Crippen molar-refractivity contribution in [3.63, 3.8) is 0 Å². The molecule has 1 amide bonds. The van der Waals surface area contributed by atoms with Crippen LogP contribution in [0.25, 0.3) is 22.6 Å². The van der Waals surface area contributed by atoms with Crippen LogP contribution in [0, 0.1) is 0 Å². The maximum absolute atomic E-state index is 12.2. The standard InChI is InChI=1S/C23H18N2O5/c26-22(29-15-19-13-21(30-25-19)20-7-4-12-28-20)14-24-23(27)18-10-8-17(9-11-18)16-5-2-1-3-6-16/h1-13H,14-15H2,(H,24,27). The molecule has 0 aliphatic carbocycles. The van der Waals surface area contributed by atoms with Gasteiger partial charge in [-0.3, -0.25) is 9.59 Å². The van der Waals surface area contributed by atoms with Gasteiger partial charge < -0.3 is 19.0 Å². The van der Waals surface area contributed by atoms with E-state index in [1.165, 1.54) is 6.26 Å². The Morgan fingerprint density at radius 2 is 1.67 bits per heavy atom. The SMILES string of the molecule is O=C(CNC(=O)c1ccc(-c2ccccc2)cc1)OCc1cc(-c2ccco2)on1. The second kappa shape index (κ2) is 8.91. The largest absolute Gasteiger partial charge is 0.461 e. The maximum Gasteiger partial charge on any atom is 0.325 e. The number of hydrogen-bond acceptors (Lipinski definition) is 6. The molecule has 0 spiro atoms. The Morgan fingerprint density at radius 1 is 0.900 bits per heavy atom. The number of ether oxygens (including phenoxy) is 1. The van der Waals surface area contributed by atoms with Crippen molar-refractivity contribution in [3.05, 3.63) is 90.3 Å². The second-order valence-corrected chi connectivity index (χ2v) is 6.45. The van der Waals surface area contributed by atoms with Gasteiger partial charge in [-0.1, -0.05) is 47.6 Å². The quantitative estimate of drug-likeness (QED) is 0.468. The third-order valence-corrected chi connectivity index (χ3v) is 4.35. The summed E-state index contributed by atoms with van der Waals surface area (Å²) in [5.74, 6) is 0.0452. The highest BCUT2D eigenvalue weighted by atomic mass is 16.5. The molecule has 0 aliphatic rings. The number of aromatic nitrogens is 1. The summed E-state index contributed by atoms with van der Waals surface area (Å²) in [6.45, 7) is -0.313. The summed E-state index contributed by atoms with van der Waals surface area (Å²) in [6, 6.07) is 22.1. The summed E-state index contributed by atoms with van der Waals surface area (Å²) in [4.78, 5) is 24.2. The minimum absolute atomic E-state index is 0.0648. The van der Waals surface area contributed by atoms with Gasteiger partial charge in [-0.15, -0.1) is 0 Å². The third kappa shape index (κ3) is 4.64. The molecule has 7 nitrogen and oxygen atoms in total. The number of benzene rings is 2. The molecule has 0 saturated heterocycles. The van der Waals surface area contributed by atoms with Crippen LogP contribution < -0.4 is 5.32 Å². The van der Waals surface area contributed by atoms with E-state index >= 15 is 0 Å². The van der Waals surface area contributed by atoms with Gasteiger partial charge in [0.05, 0.1) is 6.26 Å². The minimum Gasteiger partial charge on any atom is -0.461 e. The number of furan rings is 1. The molecule has 2 aromatic carbocycles. The van der Waals surface area contributed by atoms with Crippen molar-refractivity contribution < 1.29 is 23.3 Å². The Bertz CT molecular complexity index is 1120. The van der Waals surface area contributed by atoms with E-state index < -0.39 is 5.97 Å². The van der Waals surface area contributed by atoms with E-state index in [2.05, 4.69) is 10.5 Å². The van der Waals surface area contributed by atoms with Crippen LogP contribution in [0.2, 0.25) is 0 Å². The molecule has 2 aromatic heterocycles. The lowest BCUT2D eigenvalue weighted by Gasteiger charge is -2.06. The van der Waals surface area contributed by atoms with E-state index in [1.807, 2.05) is 42.5 Å². The minimum atomic E-state index is -0.577. The molecular weight excluding hydrogens is 384 g/mol. The molecule has 0 fully saturated rings. The number of amides is 1. The molecule has 2 heterocycles. The van der Waals surface area contributed by atoms with Crippen molar-refractivity contribution in [1.82, 2.24) is 10.5 Å². The summed E-state index contributed by atoms with van der Waals surface area (Å²) < 4.78 is 15.5. The predicted octanol–water partition coefficient (Wildman–Crippen LogP) is 4.07. The van der Waals surface area contributed by atoms with E-state index in [4.69, 9.17) is 13.7 Å². The van der Waals surface area contributed by atoms with Crippen molar-refractivity contribution in [2.24, 2.45) is 0 Å². The van der Waals surface area contributed by atoms with Gasteiger partial charge in [0, 0.05) is 11.6 Å². The van der Waals surface area contributed by atoms with Crippen LogP contribution in [-0.2, 0) is 16.1 Å². The second-order valence-electron chi connectivity index (χ2n) is 6.45. The van der Waals surface area contributed by atoms with Crippen LogP contribution >= 0.6 is 0 Å². The van der Waals surface area contributed by atoms with Gasteiger partial charge >= 0.3 is 5.97 Å². The van der Waals surface area contributed by atoms with Crippen LogP contribution in [0.4, 0.5) is 0 Å². The van der Waals surface area contributed by atoms with Gasteiger partial charge in [0.25, 0.3) is 5.91 Å². The van der Waals surface area contributed by atoms with Crippen LogP contribution in [0.1, 0.15) is 16.1 Å². The fourth-order valence-corrected chi connectivity index (χ4v) is 2.82. The topological polar surface area (TPSA) is 94.6 Å². The maximum atomic E-state index is 12.2. The number of rotatable bonds is 7. The zero-order valence-electron chi connectivity index (χ0n) is 15.9. The average Bonchev–Trinajstić information content (AvgIpc) is 3.49. The Morgan fingerprint density at radius 3 is 2.40 bits per heavy atom. The summed E-state index contributed by atoms with van der Waals surface area (Å²) in [5.41, 5.74) is 2.98. The fourth-order valence-electron chi connectivity index (χ4n) is 2.82. The zero-order chi connectivity index (χ0) is 20.8. The van der Waals surface area contributed by atoms with Gasteiger partial charge in [-0.25, -0.2) is 0 Å². The normalized spacial score (nSPS) is 10.5. The Balaban J connectivity index is 1.25. The first kappa shape index (κ1) is 19.2. The zero-order valence-corrected chi connectivity index (χ0v) is 15.9. The molecule has 4 aromatic rings. The van der Waals surface area contributed by atoms with Crippen LogP contribution in [-0.4, -0.2) is 23.6 Å². The Kier molecular flexibility index (Phi) is 5.70. The van der Waals surface area contributed by atoms with E-state index in [0.29, 0.717) is 22.8 Å². The molecule has 0 atom stereocenters. The number of nitrogens with zero attached hydrogens (tertiary/aromatic N) is 1. The molecule has 30 heavy (non-hydrogen) atoms. The van der Waals surface area contributed by atoms with Gasteiger partial charge in [-0.2, -0.15) is 0 Å². The third-order valence-electron chi connectivity index (χ3n) is 4.35. The molecule has 0 unspecified atom stereocenters. The summed E-state index contributed by atoms with van der Waals surface area (Å²) >= 11 is 0. The lowest BCUT2D eigenvalue weighted by molar-refractivity contribution is -0.143. The highest BCUT2D eigenvalue weighted by Gasteiger charge is 2.12. The number of hydrogen-bond donors (Lipinski definition) is 1. The Hall–Kier alpha value is -4.13. The van der Waals surface area contributed by atoms with Crippen molar-refractivity contribution in [2.45, 2.75) is 6.61 Å². The van der Waals surface area contributed by atoms with Crippen molar-refractivity contribution >= 4 is 11.9 Å². The number of carbonyl (C=O) groups excluding carboxylic acids is 2. The lowest BCUT2D eigenvalue weighted by Crippen LogP contribution is -2.30. The van der Waals surface area contributed by atoms with Gasteiger partial charge in [0.1, 0.15) is 18.8 Å². The first-order chi connectivity index (χ1) is 14.7. The molecule has 7 heteroatoms. The highest BCUT2D eigenvalue weighted by molar-refractivity contribution is 5.96. The summed E-state index contributed by atoms with van der Waals surface area (Å²) in [7, 11) is 0. The number of esters is 1. The average molecular weight is 402 g/mol. The highest BCUT2D eigenvalue weighted by Crippen LogP contribution is 2.21. The molecule has 4 rings (SSSR count). The lowest BCUT2D eigenvalue weighted by atomic mass is 10.0. The van der Waals surface area contributed by atoms with E-state index in [-0.39, 0.29) is 19.1 Å². The van der Waals surface area contributed by atoms with Crippen molar-refractivity contribution in [1.29, 1.82) is 0 Å². The number of carbonyl (C=O) groups is 2. The van der Waals surface area contributed by atoms with E-state index in [1.54, 1.807) is 30.3 Å². The molecule has 0 aliphatic heterocycles. The van der Waals surface area contributed by atoms with Gasteiger partial charge in [0.2, 0.25) is 5.76 Å². The smallest absolute Gasteiger partial charge is 0.325 e. The predicted molar refractivity (Wildman–Crippen MR) is 108 cm³/mol. The monoisotopic (exact) mass is 402 g/mol. The van der Waals surface area contributed by atoms with Gasteiger partial charge in [0.15, 0.2) is 5.76 Å². The molecular formula is C23H18N2O5. The van der Waals surface area contributed by atoms with Crippen molar-refractivity contribution in [2.75, 3.05) is 6.54 Å². The molecule has 150 valence electrons. The van der Waals surface area contributed by atoms with Crippen LogP contribution in [0.5, 0.6) is 0 Å². The molecule has 1 N–H and O–H groups in total. The molecule has 0 radical (unpaired) electrons. The number of nitrogens with one attached hydrogen (secondary N) is 1. The summed E-state index contributed by atoms with van der Waals surface area (Å²) in [5, 5.41) is 6.37. The first-order valence-electron chi connectivity index (χ1n) is 9.28.